The first kappa shape index (κ1) is 14.7. The van der Waals surface area contributed by atoms with E-state index in [2.05, 4.69) is 15.5 Å². The summed E-state index contributed by atoms with van der Waals surface area (Å²) in [7, 11) is 0. The average Bonchev–Trinajstić information content (AvgIpc) is 2.55. The Labute approximate surface area is 132 Å². The van der Waals surface area contributed by atoms with Crippen molar-refractivity contribution in [3.8, 4) is 0 Å². The molecule has 2 N–H and O–H groups in total. The number of piperazine rings is 1. The Balaban J connectivity index is 1.93. The van der Waals surface area contributed by atoms with E-state index in [-0.39, 0.29) is 23.2 Å². The summed E-state index contributed by atoms with van der Waals surface area (Å²) in [5, 5.41) is 10.0. The van der Waals surface area contributed by atoms with Crippen LogP contribution in [0.1, 0.15) is 22.1 Å². The monoisotopic (exact) mass is 318 g/mol. The van der Waals surface area contributed by atoms with Gasteiger partial charge in [0.05, 0.1) is 6.04 Å². The summed E-state index contributed by atoms with van der Waals surface area (Å²) < 4.78 is 0. The fourth-order valence-corrected chi connectivity index (χ4v) is 2.84. The lowest BCUT2D eigenvalue weighted by molar-refractivity contribution is 0.0627. The minimum Gasteiger partial charge on any atom is -0.328 e. The largest absolute Gasteiger partial charge is 0.328 e. The summed E-state index contributed by atoms with van der Waals surface area (Å²) >= 11 is 6.27. The number of nitrogens with one attached hydrogen (secondary N) is 2. The number of H-pyrrole nitrogens is 1. The van der Waals surface area contributed by atoms with Crippen LogP contribution in [0.15, 0.2) is 41.2 Å². The second-order valence-corrected chi connectivity index (χ2v) is 5.45. The van der Waals surface area contributed by atoms with Gasteiger partial charge in [-0.05, 0) is 17.7 Å². The topological polar surface area (TPSA) is 78.1 Å². The first-order valence-electron chi connectivity index (χ1n) is 6.98. The minimum atomic E-state index is -0.334. The van der Waals surface area contributed by atoms with E-state index in [0.717, 1.165) is 5.56 Å². The Hall–Kier alpha value is -2.18. The van der Waals surface area contributed by atoms with Gasteiger partial charge < -0.3 is 10.2 Å². The van der Waals surface area contributed by atoms with Gasteiger partial charge in [0.15, 0.2) is 0 Å². The summed E-state index contributed by atoms with van der Waals surface area (Å²) in [6, 6.07) is 10.1. The molecule has 0 saturated carbocycles. The molecule has 1 fully saturated rings. The summed E-state index contributed by atoms with van der Waals surface area (Å²) in [6.45, 7) is 1.88. The second-order valence-electron chi connectivity index (χ2n) is 5.05. The van der Waals surface area contributed by atoms with Crippen LogP contribution in [0, 0.1) is 0 Å². The van der Waals surface area contributed by atoms with Gasteiger partial charge >= 0.3 is 0 Å². The molecule has 1 saturated heterocycles. The highest BCUT2D eigenvalue weighted by Crippen LogP contribution is 2.29. The molecule has 7 heteroatoms. The highest BCUT2D eigenvalue weighted by atomic mass is 35.5. The maximum Gasteiger partial charge on any atom is 0.274 e. The molecule has 0 radical (unpaired) electrons. The lowest BCUT2D eigenvalue weighted by Gasteiger charge is -2.36. The van der Waals surface area contributed by atoms with Crippen molar-refractivity contribution >= 4 is 17.5 Å². The maximum absolute atomic E-state index is 12.7. The molecule has 2 heterocycles. The van der Waals surface area contributed by atoms with Crippen LogP contribution in [0.3, 0.4) is 0 Å². The van der Waals surface area contributed by atoms with Gasteiger partial charge in [0, 0.05) is 30.7 Å². The van der Waals surface area contributed by atoms with E-state index in [4.69, 9.17) is 11.6 Å². The number of aromatic amines is 1. The molecule has 0 aliphatic carbocycles. The van der Waals surface area contributed by atoms with Crippen LogP contribution in [-0.2, 0) is 0 Å². The number of hydrogen-bond donors (Lipinski definition) is 2. The van der Waals surface area contributed by atoms with E-state index in [1.165, 1.54) is 12.1 Å². The molecule has 1 aliphatic rings. The third-order valence-electron chi connectivity index (χ3n) is 3.67. The number of halogens is 1. The number of hydrogen-bond acceptors (Lipinski definition) is 4. The zero-order valence-electron chi connectivity index (χ0n) is 11.8. The third kappa shape index (κ3) is 2.88. The Kier molecular flexibility index (Phi) is 4.22. The van der Waals surface area contributed by atoms with Gasteiger partial charge in [-0.25, -0.2) is 5.10 Å². The third-order valence-corrected chi connectivity index (χ3v) is 4.01. The molecular formula is C15H15ClN4O2. The molecule has 1 unspecified atom stereocenters. The van der Waals surface area contributed by atoms with Gasteiger partial charge in [0.1, 0.15) is 5.69 Å². The van der Waals surface area contributed by atoms with Gasteiger partial charge in [-0.15, -0.1) is 0 Å². The number of amides is 1. The summed E-state index contributed by atoms with van der Waals surface area (Å²) in [5.41, 5.74) is 0.784. The van der Waals surface area contributed by atoms with E-state index in [0.29, 0.717) is 24.7 Å². The first-order valence-corrected chi connectivity index (χ1v) is 7.36. The van der Waals surface area contributed by atoms with Crippen molar-refractivity contribution in [3.63, 3.8) is 0 Å². The maximum atomic E-state index is 12.7. The molecule has 114 valence electrons. The Morgan fingerprint density at radius 3 is 2.82 bits per heavy atom. The van der Waals surface area contributed by atoms with Crippen molar-refractivity contribution in [1.82, 2.24) is 20.4 Å². The van der Waals surface area contributed by atoms with Crippen molar-refractivity contribution < 1.29 is 4.79 Å². The van der Waals surface area contributed by atoms with Crippen molar-refractivity contribution in [2.75, 3.05) is 19.6 Å². The summed E-state index contributed by atoms with van der Waals surface area (Å²) in [5.74, 6) is -0.220. The van der Waals surface area contributed by atoms with Crippen LogP contribution in [0.2, 0.25) is 5.02 Å². The number of benzene rings is 1. The van der Waals surface area contributed by atoms with Crippen LogP contribution in [0.5, 0.6) is 0 Å². The molecule has 1 aromatic carbocycles. The predicted molar refractivity (Wildman–Crippen MR) is 83.0 cm³/mol. The summed E-state index contributed by atoms with van der Waals surface area (Å²) in [6.07, 6.45) is 0. The fourth-order valence-electron chi connectivity index (χ4n) is 2.58. The van der Waals surface area contributed by atoms with Crippen LogP contribution in [0.25, 0.3) is 0 Å². The quantitative estimate of drug-likeness (QED) is 0.872. The molecule has 1 aliphatic heterocycles. The van der Waals surface area contributed by atoms with Crippen LogP contribution < -0.4 is 10.9 Å². The number of carbonyl (C=O) groups excluding carboxylic acids is 1. The average molecular weight is 319 g/mol. The zero-order valence-corrected chi connectivity index (χ0v) is 12.5. The van der Waals surface area contributed by atoms with Crippen molar-refractivity contribution in [1.29, 1.82) is 0 Å². The predicted octanol–water partition coefficient (Wildman–Crippen LogP) is 1.21. The number of aromatic nitrogens is 2. The standard InChI is InChI=1S/C15H15ClN4O2/c16-11-4-2-1-3-10(11)13-9-17-7-8-20(13)15(22)12-5-6-14(21)19-18-12/h1-6,13,17H,7-9H2,(H,19,21). The molecule has 1 amide bonds. The Bertz CT molecular complexity index is 726. The highest BCUT2D eigenvalue weighted by molar-refractivity contribution is 6.31. The van der Waals surface area contributed by atoms with Crippen molar-refractivity contribution in [2.24, 2.45) is 0 Å². The van der Waals surface area contributed by atoms with Crippen molar-refractivity contribution in [2.45, 2.75) is 6.04 Å². The van der Waals surface area contributed by atoms with Crippen LogP contribution >= 0.6 is 11.6 Å². The first-order chi connectivity index (χ1) is 10.7. The van der Waals surface area contributed by atoms with Gasteiger partial charge in [-0.3, -0.25) is 9.59 Å². The van der Waals surface area contributed by atoms with E-state index in [1.807, 2.05) is 24.3 Å². The van der Waals surface area contributed by atoms with Gasteiger partial charge in [-0.1, -0.05) is 29.8 Å². The summed E-state index contributed by atoms with van der Waals surface area (Å²) in [4.78, 5) is 25.5. The molecule has 3 rings (SSSR count). The van der Waals surface area contributed by atoms with Gasteiger partial charge in [0.25, 0.3) is 11.5 Å². The highest BCUT2D eigenvalue weighted by Gasteiger charge is 2.30. The molecular weight excluding hydrogens is 304 g/mol. The molecule has 2 aromatic rings. The molecule has 0 spiro atoms. The van der Waals surface area contributed by atoms with Crippen molar-refractivity contribution in [3.05, 3.63) is 63.0 Å². The molecule has 1 atom stereocenters. The molecule has 6 nitrogen and oxygen atoms in total. The van der Waals surface area contributed by atoms with E-state index >= 15 is 0 Å². The van der Waals surface area contributed by atoms with Gasteiger partial charge in [0.2, 0.25) is 0 Å². The zero-order chi connectivity index (χ0) is 15.5. The fraction of sp³-hybridized carbons (Fsp3) is 0.267. The number of rotatable bonds is 2. The number of nitrogens with zero attached hydrogens (tertiary/aromatic N) is 2. The SMILES string of the molecule is O=C(c1ccc(=O)[nH]n1)N1CCNCC1c1ccccc1Cl. The number of carbonyl (C=O) groups is 1. The lowest BCUT2D eigenvalue weighted by Crippen LogP contribution is -2.49. The molecule has 0 bridgehead atoms. The minimum absolute atomic E-state index is 0.163. The molecule has 22 heavy (non-hydrogen) atoms. The van der Waals surface area contributed by atoms with Gasteiger partial charge in [-0.2, -0.15) is 5.10 Å². The van der Waals surface area contributed by atoms with Crippen LogP contribution in [-0.4, -0.2) is 40.6 Å². The Morgan fingerprint density at radius 1 is 1.27 bits per heavy atom. The smallest absolute Gasteiger partial charge is 0.274 e. The van der Waals surface area contributed by atoms with E-state index in [1.54, 1.807) is 4.90 Å². The normalized spacial score (nSPS) is 18.2. The van der Waals surface area contributed by atoms with E-state index < -0.39 is 0 Å². The lowest BCUT2D eigenvalue weighted by atomic mass is 10.0. The second kappa shape index (κ2) is 6.29. The van der Waals surface area contributed by atoms with E-state index in [9.17, 15) is 9.59 Å². The molecule has 1 aromatic heterocycles. The Morgan fingerprint density at radius 2 is 2.09 bits per heavy atom. The van der Waals surface area contributed by atoms with Crippen LogP contribution in [0.4, 0.5) is 0 Å².